The first-order valence-corrected chi connectivity index (χ1v) is 0.698. The van der Waals surface area contributed by atoms with Crippen molar-refractivity contribution in [2.45, 2.75) is 0 Å². The van der Waals surface area contributed by atoms with Crippen LogP contribution in [-0.2, 0) is 10.0 Å². The minimum Gasteiger partial charge on any atom is -0.679 e. The molecule has 0 amide bonds. The number of hydrogen-bond donors (Lipinski definition) is 0. The van der Waals surface area contributed by atoms with Crippen LogP contribution in [0.25, 0.3) is 0 Å². The van der Waals surface area contributed by atoms with Gasteiger partial charge in [-0.15, -0.1) is 4.91 Å². The second kappa shape index (κ2) is 9.01. The van der Waals surface area contributed by atoms with Gasteiger partial charge in [0.05, 0.1) is 0 Å². The van der Waals surface area contributed by atoms with Crippen molar-refractivity contribution in [2.24, 2.45) is 5.34 Å². The summed E-state index contributed by atoms with van der Waals surface area (Å²) in [5, 5.41) is 12.5. The van der Waals surface area contributed by atoms with Crippen molar-refractivity contribution < 1.29 is 44.8 Å². The normalized spacial score (nSPS) is 5.50. The Labute approximate surface area is 55.3 Å². The van der Waals surface area contributed by atoms with Gasteiger partial charge in [-0.05, 0) is 0 Å². The van der Waals surface area contributed by atoms with Gasteiger partial charge in [-0.25, -0.2) is 5.04 Å². The van der Waals surface area contributed by atoms with Gasteiger partial charge >= 0.3 is 29.6 Å². The molecule has 0 aromatic carbocycles. The van der Waals surface area contributed by atoms with Crippen molar-refractivity contribution in [1.29, 1.82) is 0 Å². The summed E-state index contributed by atoms with van der Waals surface area (Å²) in [4.78, 5) is 11.5. The molecule has 0 unspecified atom stereocenters. The molecule has 0 atom stereocenters. The average Bonchev–Trinajstić information content (AvgIpc) is 1.41. The molecule has 0 heterocycles. The van der Waals surface area contributed by atoms with Gasteiger partial charge in [0.25, 0.3) is 0 Å². The van der Waals surface area contributed by atoms with E-state index >= 15 is 0 Å². The second-order valence-electron chi connectivity index (χ2n) is 0.217. The summed E-state index contributed by atoms with van der Waals surface area (Å²) in [6.45, 7) is 0. The monoisotopic (exact) mass is 101 g/mol. The van der Waals surface area contributed by atoms with Crippen molar-refractivity contribution in [2.75, 3.05) is 0 Å². The van der Waals surface area contributed by atoms with Crippen LogP contribution in [0.4, 0.5) is 0 Å². The third-order valence-corrected chi connectivity index (χ3v) is 0.0609. The first-order valence-electron chi connectivity index (χ1n) is 0.698. The van der Waals surface area contributed by atoms with Gasteiger partial charge in [-0.2, -0.15) is 4.99 Å². The maximum absolute atomic E-state index is 8.61. The second-order valence-corrected chi connectivity index (χ2v) is 0.217. The standard InChI is InChI=1S/HNO4.Na/c2-1-4-5-3;/h3H;/q;+1/p-1. The molecule has 0 spiro atoms. The average molecular weight is 101 g/mol. The minimum atomic E-state index is 0. The van der Waals surface area contributed by atoms with Gasteiger partial charge in [-0.3, -0.25) is 0 Å². The Hall–Kier alpha value is 0.320. The quantitative estimate of drug-likeness (QED) is 0.153. The van der Waals surface area contributed by atoms with E-state index in [4.69, 9.17) is 10.2 Å². The van der Waals surface area contributed by atoms with E-state index in [0.29, 0.717) is 0 Å². The van der Waals surface area contributed by atoms with E-state index in [0.717, 1.165) is 0 Å². The van der Waals surface area contributed by atoms with Crippen LogP contribution in [-0.4, -0.2) is 0 Å². The van der Waals surface area contributed by atoms with E-state index in [9.17, 15) is 0 Å². The molecule has 0 aliphatic carbocycles. The summed E-state index contributed by atoms with van der Waals surface area (Å²) in [5.41, 5.74) is 0. The first-order chi connectivity index (χ1) is 2.41. The third-order valence-electron chi connectivity index (χ3n) is 0.0609. The van der Waals surface area contributed by atoms with Gasteiger partial charge in [0.15, 0.2) is 5.34 Å². The zero-order chi connectivity index (χ0) is 4.12. The molecule has 0 N–H and O–H groups in total. The van der Waals surface area contributed by atoms with Crippen LogP contribution < -0.4 is 34.8 Å². The zero-order valence-corrected chi connectivity index (χ0v) is 5.08. The van der Waals surface area contributed by atoms with E-state index in [-0.39, 0.29) is 29.6 Å². The Bertz CT molecular complexity index is 28.7. The Morgan fingerprint density at radius 2 is 2.17 bits per heavy atom. The number of hydrogen-bond acceptors (Lipinski definition) is 5. The van der Waals surface area contributed by atoms with Crippen LogP contribution in [0.5, 0.6) is 0 Å². The largest absolute Gasteiger partial charge is 1.00 e. The molecule has 0 saturated carbocycles. The summed E-state index contributed by atoms with van der Waals surface area (Å²) in [6, 6.07) is 0. The Morgan fingerprint density at radius 3 is 2.17 bits per heavy atom. The molecular weight excluding hydrogens is 101 g/mol. The van der Waals surface area contributed by atoms with E-state index in [1.165, 1.54) is 0 Å². The van der Waals surface area contributed by atoms with Crippen LogP contribution in [0.1, 0.15) is 0 Å². The van der Waals surface area contributed by atoms with Crippen LogP contribution in [0.2, 0.25) is 0 Å². The fraction of sp³-hybridized carbons (Fsp3) is 0. The van der Waals surface area contributed by atoms with Gasteiger partial charge in [0, 0.05) is 0 Å². The molecule has 30 valence electrons. The Morgan fingerprint density at radius 1 is 1.67 bits per heavy atom. The van der Waals surface area contributed by atoms with Gasteiger partial charge in [0.2, 0.25) is 0 Å². The SMILES string of the molecule is O=NOO[O-].[Na+]. The van der Waals surface area contributed by atoms with Crippen molar-refractivity contribution in [1.82, 2.24) is 0 Å². The molecule has 0 aromatic rings. The maximum Gasteiger partial charge on any atom is 1.00 e. The summed E-state index contributed by atoms with van der Waals surface area (Å²) in [6.07, 6.45) is 0. The minimum absolute atomic E-state index is 0. The van der Waals surface area contributed by atoms with Crippen molar-refractivity contribution in [3.05, 3.63) is 4.91 Å². The molecule has 0 saturated heterocycles. The fourth-order valence-electron chi connectivity index (χ4n) is 0.0124. The van der Waals surface area contributed by atoms with Gasteiger partial charge in [-0.1, -0.05) is 0 Å². The topological polar surface area (TPSA) is 71.0 Å². The third kappa shape index (κ3) is 8.85. The van der Waals surface area contributed by atoms with Crippen LogP contribution >= 0.6 is 0 Å². The summed E-state index contributed by atoms with van der Waals surface area (Å²) in [5.74, 6) is 0. The van der Waals surface area contributed by atoms with Crippen LogP contribution in [0.15, 0.2) is 5.34 Å². The van der Waals surface area contributed by atoms with Crippen LogP contribution in [0, 0.1) is 4.91 Å². The molecule has 6 heteroatoms. The molecule has 0 radical (unpaired) electrons. The summed E-state index contributed by atoms with van der Waals surface area (Å²) >= 11 is 0. The van der Waals surface area contributed by atoms with E-state index in [2.05, 4.69) is 10.0 Å². The smallest absolute Gasteiger partial charge is 0.679 e. The summed E-state index contributed by atoms with van der Waals surface area (Å²) < 4.78 is 0. The molecule has 0 aromatic heterocycles. The predicted molar refractivity (Wildman–Crippen MR) is 7.96 cm³/mol. The number of rotatable bonds is 2. The molecule has 6 heavy (non-hydrogen) atoms. The van der Waals surface area contributed by atoms with Crippen molar-refractivity contribution in [3.8, 4) is 0 Å². The molecule has 5 nitrogen and oxygen atoms in total. The molecule has 0 aliphatic rings. The zero-order valence-electron chi connectivity index (χ0n) is 3.08. The van der Waals surface area contributed by atoms with E-state index in [1.54, 1.807) is 5.34 Å². The Kier molecular flexibility index (Phi) is 14.4. The molecule has 0 rings (SSSR count). The Balaban J connectivity index is 0. The predicted octanol–water partition coefficient (Wildman–Crippen LogP) is -4.10. The van der Waals surface area contributed by atoms with Gasteiger partial charge in [0.1, 0.15) is 0 Å². The summed E-state index contributed by atoms with van der Waals surface area (Å²) in [7, 11) is 0. The van der Waals surface area contributed by atoms with Gasteiger partial charge < -0.3 is 5.26 Å². The first kappa shape index (κ1) is 9.58. The molecule has 0 fully saturated rings. The molecule has 0 aliphatic heterocycles. The molecular formula is NNaO4. The van der Waals surface area contributed by atoms with Crippen molar-refractivity contribution >= 4 is 0 Å². The fourth-order valence-corrected chi connectivity index (χ4v) is 0.0124. The number of nitrogens with zero attached hydrogens (tertiary/aromatic N) is 1. The van der Waals surface area contributed by atoms with E-state index < -0.39 is 0 Å². The molecule has 0 bridgehead atoms. The van der Waals surface area contributed by atoms with E-state index in [1.807, 2.05) is 0 Å². The van der Waals surface area contributed by atoms with Crippen LogP contribution in [0.3, 0.4) is 0 Å². The van der Waals surface area contributed by atoms with Crippen molar-refractivity contribution in [3.63, 3.8) is 0 Å². The maximum atomic E-state index is 8.61.